The lowest BCUT2D eigenvalue weighted by atomic mass is 9.91. The first kappa shape index (κ1) is 26.5. The van der Waals surface area contributed by atoms with Crippen molar-refractivity contribution in [2.45, 2.75) is 13.0 Å². The van der Waals surface area contributed by atoms with Crippen LogP contribution in [-0.4, -0.2) is 35.3 Å². The summed E-state index contributed by atoms with van der Waals surface area (Å²) in [6, 6.07) is 17.3. The minimum absolute atomic E-state index is 0.0191. The van der Waals surface area contributed by atoms with Gasteiger partial charge < -0.3 is 30.3 Å². The van der Waals surface area contributed by atoms with Gasteiger partial charge in [0.1, 0.15) is 0 Å². The number of ether oxygens (including phenoxy) is 2. The number of hydrogen-bond acceptors (Lipinski definition) is 6. The number of phenols is 2. The average Bonchev–Trinajstić information content (AvgIpc) is 2.92. The molecule has 1 heterocycles. The molecule has 1 aliphatic rings. The maximum absolute atomic E-state index is 13.7. The number of methoxy groups -OCH3 is 2. The van der Waals surface area contributed by atoms with Crippen LogP contribution in [0, 0.1) is 6.92 Å². The third kappa shape index (κ3) is 6.04. The maximum atomic E-state index is 13.7. The summed E-state index contributed by atoms with van der Waals surface area (Å²) in [4.78, 5) is 13.7. The van der Waals surface area contributed by atoms with E-state index in [0.29, 0.717) is 33.4 Å². The number of thiocarbonyl (C=S) groups is 1. The minimum atomic E-state index is -0.482. The number of rotatable bonds is 8. The summed E-state index contributed by atoms with van der Waals surface area (Å²) in [5, 5.41) is 26.5. The second-order valence-electron chi connectivity index (χ2n) is 8.66. The van der Waals surface area contributed by atoms with E-state index < -0.39 is 6.04 Å². The Balaban J connectivity index is 1.77. The van der Waals surface area contributed by atoms with Crippen LogP contribution in [0.4, 0.5) is 0 Å². The van der Waals surface area contributed by atoms with Crippen molar-refractivity contribution in [2.75, 3.05) is 14.2 Å². The molecule has 0 fully saturated rings. The van der Waals surface area contributed by atoms with Crippen molar-refractivity contribution in [3.8, 4) is 23.0 Å². The quantitative estimate of drug-likeness (QED) is 0.234. The van der Waals surface area contributed by atoms with Gasteiger partial charge >= 0.3 is 0 Å². The fourth-order valence-electron chi connectivity index (χ4n) is 4.04. The molecule has 0 amide bonds. The third-order valence-electron chi connectivity index (χ3n) is 6.06. The van der Waals surface area contributed by atoms with E-state index in [1.807, 2.05) is 37.3 Å². The second-order valence-corrected chi connectivity index (χ2v) is 9.07. The van der Waals surface area contributed by atoms with Crippen LogP contribution in [-0.2, 0) is 4.79 Å². The minimum Gasteiger partial charge on any atom is -0.504 e. The van der Waals surface area contributed by atoms with Crippen molar-refractivity contribution >= 4 is 35.3 Å². The summed E-state index contributed by atoms with van der Waals surface area (Å²) >= 11 is 5.48. The van der Waals surface area contributed by atoms with Gasteiger partial charge in [-0.3, -0.25) is 4.79 Å². The van der Waals surface area contributed by atoms with Crippen molar-refractivity contribution in [1.82, 2.24) is 10.6 Å². The van der Waals surface area contributed by atoms with Gasteiger partial charge in [-0.25, -0.2) is 0 Å². The molecule has 1 unspecified atom stereocenters. The molecule has 4 N–H and O–H groups in total. The molecular formula is C30H28N2O5S. The molecule has 0 saturated carbocycles. The maximum Gasteiger partial charge on any atom is 0.186 e. The Morgan fingerprint density at radius 2 is 1.45 bits per heavy atom. The summed E-state index contributed by atoms with van der Waals surface area (Å²) in [5.74, 6) is 0.488. The van der Waals surface area contributed by atoms with Crippen molar-refractivity contribution in [3.63, 3.8) is 0 Å². The lowest BCUT2D eigenvalue weighted by molar-refractivity contribution is -0.111. The van der Waals surface area contributed by atoms with E-state index in [1.54, 1.807) is 42.5 Å². The molecule has 8 heteroatoms. The van der Waals surface area contributed by atoms with Crippen molar-refractivity contribution in [3.05, 3.63) is 106 Å². The molecule has 38 heavy (non-hydrogen) atoms. The van der Waals surface area contributed by atoms with Gasteiger partial charge in [0.25, 0.3) is 0 Å². The number of ketones is 1. The number of benzene rings is 3. The summed E-state index contributed by atoms with van der Waals surface area (Å²) in [6.45, 7) is 2.00. The second kappa shape index (κ2) is 11.7. The molecular weight excluding hydrogens is 500 g/mol. The van der Waals surface area contributed by atoms with Crippen molar-refractivity contribution < 1.29 is 24.5 Å². The summed E-state index contributed by atoms with van der Waals surface area (Å²) in [7, 11) is 2.95. The number of aromatic hydroxyl groups is 2. The van der Waals surface area contributed by atoms with Crippen LogP contribution >= 0.6 is 12.2 Å². The predicted octanol–water partition coefficient (Wildman–Crippen LogP) is 5.19. The van der Waals surface area contributed by atoms with Crippen LogP contribution in [0.1, 0.15) is 28.3 Å². The Morgan fingerprint density at radius 1 is 0.868 bits per heavy atom. The molecule has 4 rings (SSSR count). The summed E-state index contributed by atoms with van der Waals surface area (Å²) < 4.78 is 10.4. The van der Waals surface area contributed by atoms with E-state index >= 15 is 0 Å². The Kier molecular flexibility index (Phi) is 8.13. The van der Waals surface area contributed by atoms with Gasteiger partial charge in [-0.1, -0.05) is 54.1 Å². The SMILES string of the molecule is COc1cc(/C=C/C(=O)C2=C(/C=C/c3ccc(O)c(OC)c3)NC(=S)NC2c2ccc(C)cc2)ccc1O. The first-order valence-corrected chi connectivity index (χ1v) is 12.2. The third-order valence-corrected chi connectivity index (χ3v) is 6.28. The van der Waals surface area contributed by atoms with Gasteiger partial charge in [0, 0.05) is 11.3 Å². The largest absolute Gasteiger partial charge is 0.504 e. The predicted molar refractivity (Wildman–Crippen MR) is 152 cm³/mol. The first-order valence-electron chi connectivity index (χ1n) is 11.8. The lowest BCUT2D eigenvalue weighted by Crippen LogP contribution is -2.45. The molecule has 194 valence electrons. The topological polar surface area (TPSA) is 100 Å². The van der Waals surface area contributed by atoms with Crippen LogP contribution < -0.4 is 20.1 Å². The zero-order valence-electron chi connectivity index (χ0n) is 21.2. The fourth-order valence-corrected chi connectivity index (χ4v) is 4.26. The van der Waals surface area contributed by atoms with Crippen LogP contribution in [0.3, 0.4) is 0 Å². The smallest absolute Gasteiger partial charge is 0.186 e. The van der Waals surface area contributed by atoms with Gasteiger partial charge in [-0.15, -0.1) is 0 Å². The van der Waals surface area contributed by atoms with E-state index in [1.165, 1.54) is 26.4 Å². The Labute approximate surface area is 226 Å². The summed E-state index contributed by atoms with van der Waals surface area (Å²) in [6.07, 6.45) is 6.75. The number of allylic oxidation sites excluding steroid dienone is 2. The molecule has 0 aliphatic carbocycles. The molecule has 7 nitrogen and oxygen atoms in total. The zero-order valence-corrected chi connectivity index (χ0v) is 22.0. The van der Waals surface area contributed by atoms with E-state index in [-0.39, 0.29) is 17.3 Å². The molecule has 1 atom stereocenters. The molecule has 0 saturated heterocycles. The van der Waals surface area contributed by atoms with Gasteiger partial charge in [0.15, 0.2) is 33.9 Å². The van der Waals surface area contributed by atoms with Gasteiger partial charge in [0.05, 0.1) is 20.3 Å². The van der Waals surface area contributed by atoms with Crippen LogP contribution in [0.15, 0.2) is 84.1 Å². The van der Waals surface area contributed by atoms with Gasteiger partial charge in [0.2, 0.25) is 0 Å². The van der Waals surface area contributed by atoms with E-state index in [2.05, 4.69) is 10.6 Å². The number of hydrogen-bond donors (Lipinski definition) is 4. The van der Waals surface area contributed by atoms with Crippen LogP contribution in [0.2, 0.25) is 0 Å². The number of phenolic OH excluding ortho intramolecular Hbond substituents is 2. The highest BCUT2D eigenvalue weighted by Gasteiger charge is 2.29. The monoisotopic (exact) mass is 528 g/mol. The van der Waals surface area contributed by atoms with Crippen molar-refractivity contribution in [2.24, 2.45) is 0 Å². The number of carbonyl (C=O) groups is 1. The molecule has 0 bridgehead atoms. The Bertz CT molecular complexity index is 1460. The Hall–Kier alpha value is -4.56. The van der Waals surface area contributed by atoms with E-state index in [9.17, 15) is 15.0 Å². The van der Waals surface area contributed by atoms with Crippen LogP contribution in [0.5, 0.6) is 23.0 Å². The molecule has 0 spiro atoms. The van der Waals surface area contributed by atoms with E-state index in [0.717, 1.165) is 16.7 Å². The highest BCUT2D eigenvalue weighted by molar-refractivity contribution is 7.80. The normalized spacial score (nSPS) is 15.4. The first-order chi connectivity index (χ1) is 18.3. The summed E-state index contributed by atoms with van der Waals surface area (Å²) in [5.41, 5.74) is 4.48. The lowest BCUT2D eigenvalue weighted by Gasteiger charge is -2.30. The average molecular weight is 529 g/mol. The molecule has 3 aromatic carbocycles. The standard InChI is InChI=1S/C30H28N2O5S/c1-18-4-10-21(11-5-18)29-28(25(35)15-9-20-8-14-24(34)27(17-20)37-3)22(31-30(38)32-29)12-6-19-7-13-23(33)26(16-19)36-2/h4-17,29,33-34H,1-3H3,(H2,31,32,38)/b12-6+,15-9+. The molecule has 3 aromatic rings. The van der Waals surface area contributed by atoms with Gasteiger partial charge in [-0.05, 0) is 72.2 Å². The van der Waals surface area contributed by atoms with Gasteiger partial charge in [-0.2, -0.15) is 0 Å². The molecule has 0 radical (unpaired) electrons. The number of aryl methyl sites for hydroxylation is 1. The number of nitrogens with one attached hydrogen (secondary N) is 2. The Morgan fingerprint density at radius 3 is 2.03 bits per heavy atom. The highest BCUT2D eigenvalue weighted by atomic mass is 32.1. The van der Waals surface area contributed by atoms with Crippen molar-refractivity contribution in [1.29, 1.82) is 0 Å². The molecule has 1 aliphatic heterocycles. The molecule has 0 aromatic heterocycles. The fraction of sp³-hybridized carbons (Fsp3) is 0.133. The number of carbonyl (C=O) groups excluding carboxylic acids is 1. The van der Waals surface area contributed by atoms with Crippen LogP contribution in [0.25, 0.3) is 12.2 Å². The highest BCUT2D eigenvalue weighted by Crippen LogP contribution is 2.31. The van der Waals surface area contributed by atoms with E-state index in [4.69, 9.17) is 21.7 Å². The zero-order chi connectivity index (χ0) is 27.2.